The van der Waals surface area contributed by atoms with Crippen LogP contribution in [0.3, 0.4) is 0 Å². The number of anilines is 1. The molecule has 3 heterocycles. The monoisotopic (exact) mass is 565 g/mol. The van der Waals surface area contributed by atoms with Crippen LogP contribution in [0, 0.1) is 17.5 Å². The first-order valence-electron chi connectivity index (χ1n) is 12.9. The van der Waals surface area contributed by atoms with Gasteiger partial charge in [0.2, 0.25) is 5.82 Å². The summed E-state index contributed by atoms with van der Waals surface area (Å²) in [6, 6.07) is 9.73. The maximum atomic E-state index is 15.1. The number of hydrogen-bond acceptors (Lipinski definition) is 6. The minimum Gasteiger partial charge on any atom is -0.493 e. The molecule has 206 valence electrons. The summed E-state index contributed by atoms with van der Waals surface area (Å²) < 4.78 is 56.7. The molecule has 3 aromatic carbocycles. The number of aldehydes is 1. The molecule has 6 rings (SSSR count). The minimum atomic E-state index is -1.09. The van der Waals surface area contributed by atoms with E-state index in [2.05, 4.69) is 22.2 Å². The lowest BCUT2D eigenvalue weighted by Crippen LogP contribution is -2.32. The summed E-state index contributed by atoms with van der Waals surface area (Å²) >= 11 is 1.27. The van der Waals surface area contributed by atoms with Crippen LogP contribution in [0.15, 0.2) is 47.5 Å². The van der Waals surface area contributed by atoms with Crippen LogP contribution >= 0.6 is 11.8 Å². The van der Waals surface area contributed by atoms with Crippen molar-refractivity contribution in [3.8, 4) is 28.6 Å². The highest BCUT2D eigenvalue weighted by Crippen LogP contribution is 2.46. The molecular formula is C30H26F3N3O3S. The Kier molecular flexibility index (Phi) is 6.74. The van der Waals surface area contributed by atoms with Crippen LogP contribution in [0.1, 0.15) is 35.7 Å². The van der Waals surface area contributed by atoms with Gasteiger partial charge in [0.25, 0.3) is 0 Å². The van der Waals surface area contributed by atoms with Crippen LogP contribution in [-0.4, -0.2) is 35.7 Å². The van der Waals surface area contributed by atoms with Crippen LogP contribution in [0.5, 0.6) is 17.2 Å². The van der Waals surface area contributed by atoms with Gasteiger partial charge in [0.15, 0.2) is 11.6 Å². The Morgan fingerprint density at radius 2 is 2.05 bits per heavy atom. The lowest BCUT2D eigenvalue weighted by atomic mass is 9.74. The number of carbonyl (C=O) groups is 1. The first kappa shape index (κ1) is 26.3. The second kappa shape index (κ2) is 10.2. The number of nitrogens with one attached hydrogen (secondary N) is 2. The number of aromatic nitrogens is 2. The molecular weight excluding hydrogens is 539 g/mol. The van der Waals surface area contributed by atoms with Gasteiger partial charge in [-0.3, -0.25) is 0 Å². The summed E-state index contributed by atoms with van der Waals surface area (Å²) in [5, 5.41) is 2.89. The number of rotatable bonds is 7. The molecule has 1 atom stereocenters. The van der Waals surface area contributed by atoms with Gasteiger partial charge in [0, 0.05) is 41.4 Å². The smallest absolute Gasteiger partial charge is 0.204 e. The predicted molar refractivity (Wildman–Crippen MR) is 147 cm³/mol. The molecule has 40 heavy (non-hydrogen) atoms. The van der Waals surface area contributed by atoms with E-state index in [-0.39, 0.29) is 35.0 Å². The van der Waals surface area contributed by atoms with E-state index in [9.17, 15) is 9.18 Å². The number of para-hydroxylation sites is 1. The number of hydrogen-bond donors (Lipinski definition) is 2. The van der Waals surface area contributed by atoms with Gasteiger partial charge in [0.1, 0.15) is 29.4 Å². The first-order valence-corrected chi connectivity index (χ1v) is 14.1. The van der Waals surface area contributed by atoms with Crippen molar-refractivity contribution in [2.24, 2.45) is 0 Å². The van der Waals surface area contributed by atoms with Crippen molar-refractivity contribution in [3.05, 3.63) is 82.4 Å². The van der Waals surface area contributed by atoms with Gasteiger partial charge in [0.05, 0.1) is 22.8 Å². The third-order valence-corrected chi connectivity index (χ3v) is 8.54. The highest BCUT2D eigenvalue weighted by molar-refractivity contribution is 7.98. The van der Waals surface area contributed by atoms with E-state index in [4.69, 9.17) is 9.47 Å². The molecule has 1 aromatic heterocycles. The van der Waals surface area contributed by atoms with Crippen molar-refractivity contribution in [2.45, 2.75) is 36.5 Å². The van der Waals surface area contributed by atoms with E-state index in [0.29, 0.717) is 42.2 Å². The van der Waals surface area contributed by atoms with Gasteiger partial charge in [-0.2, -0.15) is 4.39 Å². The second-order valence-corrected chi connectivity index (χ2v) is 10.8. The molecule has 0 unspecified atom stereocenters. The second-order valence-electron chi connectivity index (χ2n) is 10.0. The van der Waals surface area contributed by atoms with Crippen molar-refractivity contribution in [3.63, 3.8) is 0 Å². The summed E-state index contributed by atoms with van der Waals surface area (Å²) in [5.74, 6) is -1.74. The number of nitrogens with zero attached hydrogens (tertiary/aromatic N) is 1. The van der Waals surface area contributed by atoms with E-state index in [1.54, 1.807) is 12.5 Å². The quantitative estimate of drug-likeness (QED) is 0.190. The average molecular weight is 566 g/mol. The molecule has 10 heteroatoms. The molecule has 0 bridgehead atoms. The third-order valence-electron chi connectivity index (χ3n) is 7.70. The Hall–Kier alpha value is -3.92. The number of aromatic amines is 1. The number of halogens is 3. The largest absolute Gasteiger partial charge is 0.493 e. The van der Waals surface area contributed by atoms with Crippen molar-refractivity contribution in [1.29, 1.82) is 0 Å². The number of H-pyrrole nitrogens is 1. The van der Waals surface area contributed by atoms with E-state index in [1.165, 1.54) is 30.0 Å². The number of fused-ring (bicyclic) bond motifs is 2. The topological polar surface area (TPSA) is 76.2 Å². The summed E-state index contributed by atoms with van der Waals surface area (Å²) in [5.41, 5.74) is 2.92. The summed E-state index contributed by atoms with van der Waals surface area (Å²) in [6.45, 7) is 3.01. The standard InChI is InChI=1S/C30H26F3N3O3S/c1-30(10-13-38-26-16(9-12-37)4-3-5-20(26)30)22-15-35-29(36-22)19-14-17(6-7-21(19)31)39-27-24(33)23(32)25-18(8-11-34-25)28(27)40-2/h3-7,12,14-15,34H,8-11,13H2,1-2H3,(H,35,36)/t30-/m0/s1. The molecule has 2 N–H and O–H groups in total. The zero-order valence-electron chi connectivity index (χ0n) is 21.9. The third kappa shape index (κ3) is 4.21. The van der Waals surface area contributed by atoms with Crippen molar-refractivity contribution in [2.75, 3.05) is 24.7 Å². The normalized spacial score (nSPS) is 17.5. The molecule has 0 fully saturated rings. The van der Waals surface area contributed by atoms with E-state index < -0.39 is 22.9 Å². The SMILES string of the molecule is CSc1c2c(c(F)c(F)c1Oc1ccc(F)c(-c3ncc([C@@]4(C)CCOc5c(CC=O)cccc54)[nH]3)c1)NCC2. The Morgan fingerprint density at radius 1 is 1.20 bits per heavy atom. The predicted octanol–water partition coefficient (Wildman–Crippen LogP) is 6.81. The van der Waals surface area contributed by atoms with E-state index in [1.807, 2.05) is 18.2 Å². The fourth-order valence-electron chi connectivity index (χ4n) is 5.55. The van der Waals surface area contributed by atoms with Crippen molar-refractivity contribution < 1.29 is 27.4 Å². The molecule has 4 aromatic rings. The van der Waals surface area contributed by atoms with E-state index in [0.717, 1.165) is 23.1 Å². The lowest BCUT2D eigenvalue weighted by Gasteiger charge is -2.35. The van der Waals surface area contributed by atoms with Crippen LogP contribution in [0.25, 0.3) is 11.4 Å². The minimum absolute atomic E-state index is 0.128. The maximum absolute atomic E-state index is 15.1. The molecule has 6 nitrogen and oxygen atoms in total. The highest BCUT2D eigenvalue weighted by atomic mass is 32.2. The Morgan fingerprint density at radius 3 is 2.85 bits per heavy atom. The molecule has 0 radical (unpaired) electrons. The van der Waals surface area contributed by atoms with Gasteiger partial charge in [-0.25, -0.2) is 13.8 Å². The zero-order chi connectivity index (χ0) is 28.0. The summed E-state index contributed by atoms with van der Waals surface area (Å²) in [7, 11) is 0. The number of thioether (sulfide) groups is 1. The lowest BCUT2D eigenvalue weighted by molar-refractivity contribution is -0.107. The summed E-state index contributed by atoms with van der Waals surface area (Å²) in [4.78, 5) is 19.4. The summed E-state index contributed by atoms with van der Waals surface area (Å²) in [6.07, 6.45) is 5.72. The molecule has 2 aliphatic heterocycles. The number of carbonyl (C=O) groups excluding carboxylic acids is 1. The molecule has 0 amide bonds. The van der Waals surface area contributed by atoms with Gasteiger partial charge >= 0.3 is 0 Å². The highest BCUT2D eigenvalue weighted by Gasteiger charge is 2.38. The average Bonchev–Trinajstić information content (AvgIpc) is 3.65. The number of ether oxygens (including phenoxy) is 2. The number of imidazole rings is 1. The molecule has 0 saturated heterocycles. The van der Waals surface area contributed by atoms with Crippen LogP contribution in [0.2, 0.25) is 0 Å². The fourth-order valence-corrected chi connectivity index (χ4v) is 6.32. The van der Waals surface area contributed by atoms with Crippen LogP contribution in [0.4, 0.5) is 18.9 Å². The molecule has 0 spiro atoms. The van der Waals surface area contributed by atoms with Crippen LogP contribution < -0.4 is 14.8 Å². The van der Waals surface area contributed by atoms with Crippen LogP contribution in [-0.2, 0) is 23.1 Å². The van der Waals surface area contributed by atoms with Gasteiger partial charge in [-0.1, -0.05) is 18.2 Å². The zero-order valence-corrected chi connectivity index (χ0v) is 22.7. The Labute approximate surface area is 233 Å². The fraction of sp³-hybridized carbons (Fsp3) is 0.267. The Bertz CT molecular complexity index is 1640. The van der Waals surface area contributed by atoms with Gasteiger partial charge in [-0.15, -0.1) is 11.8 Å². The number of benzene rings is 3. The van der Waals surface area contributed by atoms with Crippen molar-refractivity contribution in [1.82, 2.24) is 9.97 Å². The Balaban J connectivity index is 1.36. The van der Waals surface area contributed by atoms with E-state index >= 15 is 8.78 Å². The molecule has 0 saturated carbocycles. The first-order chi connectivity index (χ1) is 19.4. The van der Waals surface area contributed by atoms with Crippen molar-refractivity contribution >= 4 is 23.7 Å². The van der Waals surface area contributed by atoms with Gasteiger partial charge in [-0.05, 0) is 49.8 Å². The maximum Gasteiger partial charge on any atom is 0.204 e. The van der Waals surface area contributed by atoms with Gasteiger partial charge < -0.3 is 24.6 Å². The molecule has 0 aliphatic carbocycles. The molecule has 2 aliphatic rings.